The standard InChI is InChI=1S/C46H64N4O13S3/c1-45(26-13-5-11-20-44(53)54)36-32-34(65(58,59)60)21-23-38(36)49-29-14-6-10-19-43(52)48-28-27-47-42(51)18-9-4-12-25-46(2)37-33-35(66(61,62)63)22-24-39(37)50(30-15-31-64(55,56)57)41(46)17-8-3-7-16-40(45)49/h3,7-8,16,21-24,32-33,41H,4-6,9-15,17-20,25-31H2,1-2H3,(H5-,47,48,51,52,53,54,55,56,57,58,59,60,61,62,63)/p+1/b8-3+,16-7+. The van der Waals surface area contributed by atoms with Crippen LogP contribution in [0.15, 0.2) is 70.5 Å². The number of hydrogen-bond donors (Lipinski definition) is 6. The molecule has 0 radical (unpaired) electrons. The van der Waals surface area contributed by atoms with Gasteiger partial charge in [-0.2, -0.15) is 29.8 Å². The predicted molar refractivity (Wildman–Crippen MR) is 250 cm³/mol. The van der Waals surface area contributed by atoms with Crippen LogP contribution in [-0.4, -0.2) is 110 Å². The molecule has 0 saturated carbocycles. The summed E-state index contributed by atoms with van der Waals surface area (Å²) < 4.78 is 105. The van der Waals surface area contributed by atoms with E-state index in [0.29, 0.717) is 107 Å². The molecule has 3 aliphatic heterocycles. The average Bonchev–Trinajstić information content (AvgIpc) is 3.60. The highest BCUT2D eigenvalue weighted by atomic mass is 32.2. The molecule has 3 aliphatic rings. The first kappa shape index (κ1) is 52.5. The van der Waals surface area contributed by atoms with Crippen LogP contribution in [0.2, 0.25) is 0 Å². The Hall–Kier alpha value is -4.47. The van der Waals surface area contributed by atoms with Crippen LogP contribution in [0.3, 0.4) is 0 Å². The number of amides is 2. The molecular weight excluding hydrogens is 913 g/mol. The third-order valence-corrected chi connectivity index (χ3v) is 15.7. The molecule has 0 bridgehead atoms. The summed E-state index contributed by atoms with van der Waals surface area (Å²) in [6, 6.07) is 8.60. The van der Waals surface area contributed by atoms with E-state index >= 15 is 0 Å². The van der Waals surface area contributed by atoms with Crippen molar-refractivity contribution in [3.63, 3.8) is 0 Å². The number of unbranched alkanes of at least 4 members (excludes halogenated alkanes) is 2. The SMILES string of the molecule is CC1(CCCCCC(=O)O)C2=[N+](CCCCCC(=O)NCCNC(=O)CCCCCC3(C)c4cc(S(=O)(=O)O)ccc4N(CCCS(=O)(=O)O)C3C/C=C/C=C/2)c2ccc(S(=O)(=O)O)cc21. The fraction of sp³-hybridized carbons (Fsp3) is 0.565. The maximum Gasteiger partial charge on any atom is 0.303 e. The van der Waals surface area contributed by atoms with Crippen molar-refractivity contribution < 1.29 is 63.0 Å². The van der Waals surface area contributed by atoms with Gasteiger partial charge in [-0.1, -0.05) is 50.8 Å². The van der Waals surface area contributed by atoms with Crippen LogP contribution < -0.4 is 15.5 Å². The van der Waals surface area contributed by atoms with Crippen LogP contribution in [0, 0.1) is 0 Å². The highest BCUT2D eigenvalue weighted by Gasteiger charge is 2.49. The second-order valence-corrected chi connectivity index (χ2v) is 22.4. The Morgan fingerprint density at radius 1 is 0.773 bits per heavy atom. The Labute approximate surface area is 389 Å². The minimum absolute atomic E-state index is 0.0208. The number of anilines is 1. The fourth-order valence-corrected chi connectivity index (χ4v) is 11.3. The van der Waals surface area contributed by atoms with Gasteiger partial charge in [0.05, 0.1) is 21.0 Å². The van der Waals surface area contributed by atoms with Gasteiger partial charge in [-0.15, -0.1) is 0 Å². The molecule has 3 heterocycles. The van der Waals surface area contributed by atoms with E-state index in [2.05, 4.69) is 15.2 Å². The first-order valence-corrected chi connectivity index (χ1v) is 27.2. The quantitative estimate of drug-likeness (QED) is 0.0780. The highest BCUT2D eigenvalue weighted by Crippen LogP contribution is 2.50. The number of benzene rings is 2. The van der Waals surface area contributed by atoms with Gasteiger partial charge in [0.1, 0.15) is 6.54 Å². The van der Waals surface area contributed by atoms with Crippen LogP contribution in [0.1, 0.15) is 128 Å². The van der Waals surface area contributed by atoms with E-state index in [-0.39, 0.29) is 66.5 Å². The number of carboxylic acids is 1. The van der Waals surface area contributed by atoms with Crippen LogP contribution in [-0.2, 0) is 55.6 Å². The molecule has 0 aromatic heterocycles. The van der Waals surface area contributed by atoms with Gasteiger partial charge in [0.2, 0.25) is 17.5 Å². The lowest BCUT2D eigenvalue weighted by atomic mass is 9.73. The molecule has 2 amide bonds. The largest absolute Gasteiger partial charge is 0.481 e. The third kappa shape index (κ3) is 13.8. The maximum absolute atomic E-state index is 12.7. The summed E-state index contributed by atoms with van der Waals surface area (Å²) in [4.78, 5) is 38.1. The third-order valence-electron chi connectivity index (χ3n) is 13.2. The average molecular weight is 978 g/mol. The van der Waals surface area contributed by atoms with E-state index in [9.17, 15) is 58.4 Å². The first-order chi connectivity index (χ1) is 31.0. The molecule has 0 aliphatic carbocycles. The van der Waals surface area contributed by atoms with Crippen molar-refractivity contribution in [2.24, 2.45) is 0 Å². The number of fused-ring (bicyclic) bond motifs is 5. The van der Waals surface area contributed by atoms with Crippen molar-refractivity contribution >= 4 is 65.2 Å². The van der Waals surface area contributed by atoms with E-state index in [1.54, 1.807) is 12.1 Å². The van der Waals surface area contributed by atoms with Crippen molar-refractivity contribution in [3.05, 3.63) is 71.8 Å². The van der Waals surface area contributed by atoms with E-state index in [1.165, 1.54) is 24.3 Å². The van der Waals surface area contributed by atoms with Crippen molar-refractivity contribution in [3.8, 4) is 0 Å². The van der Waals surface area contributed by atoms with E-state index in [4.69, 9.17) is 0 Å². The van der Waals surface area contributed by atoms with Crippen molar-refractivity contribution in [2.75, 3.05) is 36.8 Å². The number of aliphatic carboxylic acids is 1. The normalized spacial score (nSPS) is 24.1. The minimum Gasteiger partial charge on any atom is -0.481 e. The second-order valence-electron chi connectivity index (χ2n) is 18.0. The molecule has 5 rings (SSSR count). The summed E-state index contributed by atoms with van der Waals surface area (Å²) in [7, 11) is -13.4. The summed E-state index contributed by atoms with van der Waals surface area (Å²) >= 11 is 0. The Bertz CT molecular complexity index is 2540. The lowest BCUT2D eigenvalue weighted by molar-refractivity contribution is -0.438. The van der Waals surface area contributed by atoms with Crippen molar-refractivity contribution in [1.29, 1.82) is 0 Å². The Morgan fingerprint density at radius 2 is 1.39 bits per heavy atom. The van der Waals surface area contributed by atoms with E-state index < -0.39 is 52.9 Å². The Morgan fingerprint density at radius 3 is 2.02 bits per heavy atom. The number of carbonyl (C=O) groups excluding carboxylic acids is 2. The zero-order valence-corrected chi connectivity index (χ0v) is 40.2. The topological polar surface area (TPSA) is 265 Å². The molecule has 0 spiro atoms. The van der Waals surface area contributed by atoms with Gasteiger partial charge in [0.15, 0.2) is 5.71 Å². The van der Waals surface area contributed by atoms with Gasteiger partial charge < -0.3 is 20.6 Å². The number of nitrogens with one attached hydrogen (secondary N) is 2. The molecular formula is C46H65N4O13S3+. The van der Waals surface area contributed by atoms with Gasteiger partial charge in [-0.25, -0.2) is 0 Å². The number of carbonyl (C=O) groups is 3. The monoisotopic (exact) mass is 977 g/mol. The Balaban J connectivity index is 1.56. The van der Waals surface area contributed by atoms with Crippen LogP contribution in [0.5, 0.6) is 0 Å². The molecule has 0 saturated heterocycles. The first-order valence-electron chi connectivity index (χ1n) is 22.7. The summed E-state index contributed by atoms with van der Waals surface area (Å²) in [6.45, 7) is 5.31. The molecule has 364 valence electrons. The van der Waals surface area contributed by atoms with Crippen LogP contribution >= 0.6 is 0 Å². The summed E-state index contributed by atoms with van der Waals surface area (Å²) in [5, 5.41) is 15.0. The molecule has 2 aromatic rings. The van der Waals surface area contributed by atoms with E-state index in [0.717, 1.165) is 11.4 Å². The summed E-state index contributed by atoms with van der Waals surface area (Å²) in [6.07, 6.45) is 15.5. The van der Waals surface area contributed by atoms with Gasteiger partial charge in [0, 0.05) is 80.2 Å². The molecule has 3 unspecified atom stereocenters. The van der Waals surface area contributed by atoms with Gasteiger partial charge in [0.25, 0.3) is 30.4 Å². The zero-order valence-electron chi connectivity index (χ0n) is 37.8. The Kier molecular flexibility index (Phi) is 17.9. The van der Waals surface area contributed by atoms with Crippen molar-refractivity contribution in [1.82, 2.24) is 10.6 Å². The number of carboxylic acid groups (broad SMARTS) is 1. The molecule has 20 heteroatoms. The van der Waals surface area contributed by atoms with Gasteiger partial charge in [-0.3, -0.25) is 28.0 Å². The fourth-order valence-electron chi connectivity index (χ4n) is 9.78. The van der Waals surface area contributed by atoms with Gasteiger partial charge in [-0.05, 0) is 94.2 Å². The number of rotatable bonds is 12. The van der Waals surface area contributed by atoms with Crippen LogP contribution in [0.25, 0.3) is 0 Å². The highest BCUT2D eigenvalue weighted by molar-refractivity contribution is 7.86. The van der Waals surface area contributed by atoms with Crippen molar-refractivity contribution in [2.45, 2.75) is 143 Å². The van der Waals surface area contributed by atoms with Gasteiger partial charge >= 0.3 is 5.97 Å². The second kappa shape index (κ2) is 22.6. The number of nitrogens with zero attached hydrogens (tertiary/aromatic N) is 2. The predicted octanol–water partition coefficient (Wildman–Crippen LogP) is 6.26. The molecule has 2 aromatic carbocycles. The zero-order chi connectivity index (χ0) is 48.3. The lowest BCUT2D eigenvalue weighted by Gasteiger charge is -2.37. The molecule has 17 nitrogen and oxygen atoms in total. The molecule has 0 fully saturated rings. The molecule has 3 atom stereocenters. The molecule has 66 heavy (non-hydrogen) atoms. The minimum atomic E-state index is -4.58. The lowest BCUT2D eigenvalue weighted by Crippen LogP contribution is -2.43. The van der Waals surface area contributed by atoms with E-state index in [1.807, 2.05) is 43.1 Å². The maximum atomic E-state index is 12.7. The smallest absolute Gasteiger partial charge is 0.303 e. The number of hydrogen-bond acceptors (Lipinski definition) is 10. The summed E-state index contributed by atoms with van der Waals surface area (Å²) in [5.74, 6) is -1.65. The number of allylic oxidation sites excluding steroid dienone is 3. The van der Waals surface area contributed by atoms with Crippen LogP contribution in [0.4, 0.5) is 11.4 Å². The summed E-state index contributed by atoms with van der Waals surface area (Å²) in [5.41, 5.74) is 2.17. The molecule has 6 N–H and O–H groups in total.